The molecule has 0 bridgehead atoms. The van der Waals surface area contributed by atoms with Gasteiger partial charge in [-0.2, -0.15) is 0 Å². The van der Waals surface area contributed by atoms with Crippen LogP contribution in [0.15, 0.2) is 54.6 Å². The number of nitrogens with one attached hydrogen (secondary N) is 1. The van der Waals surface area contributed by atoms with Gasteiger partial charge >= 0.3 is 5.97 Å². The first-order valence-corrected chi connectivity index (χ1v) is 7.87. The van der Waals surface area contributed by atoms with E-state index in [0.29, 0.717) is 5.75 Å². The maximum atomic E-state index is 12.0. The zero-order valence-electron chi connectivity index (χ0n) is 13.6. The number of ether oxygens (including phenoxy) is 1. The molecule has 2 rings (SSSR count). The Kier molecular flexibility index (Phi) is 6.37. The van der Waals surface area contributed by atoms with Crippen LogP contribution in [0.4, 0.5) is 0 Å². The maximum Gasteiger partial charge on any atom is 0.326 e. The van der Waals surface area contributed by atoms with Gasteiger partial charge < -0.3 is 15.2 Å². The summed E-state index contributed by atoms with van der Waals surface area (Å²) in [6.45, 7) is 1.79. The molecule has 0 spiro atoms. The minimum absolute atomic E-state index is 0.213. The highest BCUT2D eigenvalue weighted by Gasteiger charge is 2.20. The van der Waals surface area contributed by atoms with Crippen LogP contribution >= 0.6 is 0 Å². The quantitative estimate of drug-likeness (QED) is 0.781. The second-order valence-electron chi connectivity index (χ2n) is 5.40. The van der Waals surface area contributed by atoms with Crippen molar-refractivity contribution in [3.05, 3.63) is 65.7 Å². The summed E-state index contributed by atoms with van der Waals surface area (Å²) in [6.07, 6.45) is 1.02. The van der Waals surface area contributed by atoms with E-state index in [4.69, 9.17) is 4.74 Å². The summed E-state index contributed by atoms with van der Waals surface area (Å²) in [5.74, 6) is -0.879. The van der Waals surface area contributed by atoms with Gasteiger partial charge in [0.15, 0.2) is 6.61 Å². The predicted octanol–water partition coefficient (Wildman–Crippen LogP) is 2.44. The second-order valence-corrected chi connectivity index (χ2v) is 5.40. The van der Waals surface area contributed by atoms with Crippen molar-refractivity contribution in [1.29, 1.82) is 0 Å². The van der Waals surface area contributed by atoms with E-state index in [1.165, 1.54) is 0 Å². The van der Waals surface area contributed by atoms with E-state index >= 15 is 0 Å². The lowest BCUT2D eigenvalue weighted by molar-refractivity contribution is -0.142. The monoisotopic (exact) mass is 327 g/mol. The fourth-order valence-corrected chi connectivity index (χ4v) is 2.37. The number of aliphatic carboxylic acids is 1. The third-order valence-corrected chi connectivity index (χ3v) is 3.63. The Labute approximate surface area is 141 Å². The van der Waals surface area contributed by atoms with Crippen LogP contribution in [0.5, 0.6) is 5.75 Å². The summed E-state index contributed by atoms with van der Waals surface area (Å²) in [5.41, 5.74) is 1.85. The van der Waals surface area contributed by atoms with Gasteiger partial charge in [0.25, 0.3) is 5.91 Å². The number of amides is 1. The van der Waals surface area contributed by atoms with E-state index in [-0.39, 0.29) is 13.0 Å². The summed E-state index contributed by atoms with van der Waals surface area (Å²) >= 11 is 0. The van der Waals surface area contributed by atoms with Crippen molar-refractivity contribution in [2.24, 2.45) is 0 Å². The lowest BCUT2D eigenvalue weighted by atomic mass is 10.1. The summed E-state index contributed by atoms with van der Waals surface area (Å²) < 4.78 is 5.52. The summed E-state index contributed by atoms with van der Waals surface area (Å²) in [7, 11) is 0. The number of hydrogen-bond acceptors (Lipinski definition) is 3. The third kappa shape index (κ3) is 5.12. The van der Waals surface area contributed by atoms with E-state index in [1.807, 2.05) is 55.5 Å². The van der Waals surface area contributed by atoms with E-state index < -0.39 is 17.9 Å². The van der Waals surface area contributed by atoms with Crippen molar-refractivity contribution >= 4 is 11.9 Å². The first-order chi connectivity index (χ1) is 11.6. The van der Waals surface area contributed by atoms with Crippen LogP contribution in [-0.4, -0.2) is 29.6 Å². The van der Waals surface area contributed by atoms with Gasteiger partial charge in [-0.3, -0.25) is 4.79 Å². The molecular formula is C19H21NO4. The normalized spacial score (nSPS) is 11.5. The summed E-state index contributed by atoms with van der Waals surface area (Å²) in [4.78, 5) is 23.4. The smallest absolute Gasteiger partial charge is 0.326 e. The molecule has 5 heteroatoms. The van der Waals surface area contributed by atoms with Crippen molar-refractivity contribution in [2.75, 3.05) is 6.61 Å². The number of carboxylic acids is 1. The van der Waals surface area contributed by atoms with Crippen molar-refractivity contribution in [3.63, 3.8) is 0 Å². The second kappa shape index (κ2) is 8.72. The Morgan fingerprint density at radius 2 is 1.75 bits per heavy atom. The van der Waals surface area contributed by atoms with Gasteiger partial charge in [0, 0.05) is 6.42 Å². The number of benzene rings is 2. The molecule has 0 aromatic heterocycles. The fourth-order valence-electron chi connectivity index (χ4n) is 2.37. The number of aryl methyl sites for hydroxylation is 1. The highest BCUT2D eigenvalue weighted by Crippen LogP contribution is 2.18. The molecule has 0 saturated heterocycles. The molecule has 1 atom stereocenters. The van der Waals surface area contributed by atoms with E-state index in [9.17, 15) is 14.7 Å². The molecule has 0 aliphatic rings. The van der Waals surface area contributed by atoms with Gasteiger partial charge in [-0.05, 0) is 23.6 Å². The zero-order valence-corrected chi connectivity index (χ0v) is 13.6. The molecular weight excluding hydrogens is 306 g/mol. The van der Waals surface area contributed by atoms with Gasteiger partial charge in [0.2, 0.25) is 0 Å². The highest BCUT2D eigenvalue weighted by atomic mass is 16.5. The fraction of sp³-hybridized carbons (Fsp3) is 0.263. The van der Waals surface area contributed by atoms with Gasteiger partial charge in [0.1, 0.15) is 11.8 Å². The average Bonchev–Trinajstić information content (AvgIpc) is 2.60. The molecule has 2 aromatic rings. The Balaban J connectivity index is 1.92. The van der Waals surface area contributed by atoms with Crippen molar-refractivity contribution in [2.45, 2.75) is 25.8 Å². The first-order valence-electron chi connectivity index (χ1n) is 7.87. The minimum atomic E-state index is -1.07. The van der Waals surface area contributed by atoms with E-state index in [2.05, 4.69) is 5.32 Å². The minimum Gasteiger partial charge on any atom is -0.483 e. The largest absolute Gasteiger partial charge is 0.483 e. The number of hydrogen-bond donors (Lipinski definition) is 2. The number of rotatable bonds is 8. The Morgan fingerprint density at radius 1 is 1.08 bits per heavy atom. The van der Waals surface area contributed by atoms with Gasteiger partial charge in [-0.1, -0.05) is 55.5 Å². The number of carbonyl (C=O) groups is 2. The van der Waals surface area contributed by atoms with Crippen molar-refractivity contribution in [1.82, 2.24) is 5.32 Å². The van der Waals surface area contributed by atoms with Crippen LogP contribution in [0.3, 0.4) is 0 Å². The van der Waals surface area contributed by atoms with Crippen LogP contribution in [0.25, 0.3) is 0 Å². The molecule has 0 saturated carbocycles. The molecule has 0 fully saturated rings. The molecule has 0 radical (unpaired) electrons. The van der Waals surface area contributed by atoms with Crippen molar-refractivity contribution < 1.29 is 19.4 Å². The zero-order chi connectivity index (χ0) is 17.4. The molecule has 2 N–H and O–H groups in total. The van der Waals surface area contributed by atoms with Gasteiger partial charge in [-0.25, -0.2) is 4.79 Å². The van der Waals surface area contributed by atoms with Crippen LogP contribution < -0.4 is 10.1 Å². The summed E-state index contributed by atoms with van der Waals surface area (Å²) in [6, 6.07) is 15.7. The maximum absolute atomic E-state index is 12.0. The predicted molar refractivity (Wildman–Crippen MR) is 91.0 cm³/mol. The first kappa shape index (κ1) is 17.5. The van der Waals surface area contributed by atoms with Crippen LogP contribution in [0.2, 0.25) is 0 Å². The Bertz CT molecular complexity index is 685. The Morgan fingerprint density at radius 3 is 2.42 bits per heavy atom. The average molecular weight is 327 g/mol. The SMILES string of the molecule is CCc1ccccc1OCC(=O)N[C@@H](Cc1ccccc1)C(=O)O. The van der Waals surface area contributed by atoms with E-state index in [1.54, 1.807) is 6.07 Å². The lowest BCUT2D eigenvalue weighted by Gasteiger charge is -2.15. The van der Waals surface area contributed by atoms with Crippen LogP contribution in [-0.2, 0) is 22.4 Å². The molecule has 0 unspecified atom stereocenters. The van der Waals surface area contributed by atoms with Gasteiger partial charge in [0.05, 0.1) is 0 Å². The Hall–Kier alpha value is -2.82. The molecule has 2 aromatic carbocycles. The molecule has 126 valence electrons. The van der Waals surface area contributed by atoms with Crippen molar-refractivity contribution in [3.8, 4) is 5.75 Å². The van der Waals surface area contributed by atoms with E-state index in [0.717, 1.165) is 17.5 Å². The third-order valence-electron chi connectivity index (χ3n) is 3.63. The molecule has 1 amide bonds. The molecule has 5 nitrogen and oxygen atoms in total. The van der Waals surface area contributed by atoms with Crippen LogP contribution in [0.1, 0.15) is 18.1 Å². The number of para-hydroxylation sites is 1. The number of carbonyl (C=O) groups excluding carboxylic acids is 1. The molecule has 24 heavy (non-hydrogen) atoms. The molecule has 0 aliphatic heterocycles. The topological polar surface area (TPSA) is 75.6 Å². The standard InChI is InChI=1S/C19H21NO4/c1-2-15-10-6-7-11-17(15)24-13-18(21)20-16(19(22)23)12-14-8-4-3-5-9-14/h3-11,16H,2,12-13H2,1H3,(H,20,21)(H,22,23)/t16-/m0/s1. The summed E-state index contributed by atoms with van der Waals surface area (Å²) in [5, 5.41) is 11.8. The highest BCUT2D eigenvalue weighted by molar-refractivity contribution is 5.84. The van der Waals surface area contributed by atoms with Crippen LogP contribution in [0, 0.1) is 0 Å². The molecule has 0 aliphatic carbocycles. The lowest BCUT2D eigenvalue weighted by Crippen LogP contribution is -2.44. The molecule has 0 heterocycles. The number of carboxylic acid groups (broad SMARTS) is 1. The van der Waals surface area contributed by atoms with Gasteiger partial charge in [-0.15, -0.1) is 0 Å².